The molecule has 124 valence electrons. The molecule has 2 aliphatic heterocycles. The van der Waals surface area contributed by atoms with Crippen molar-refractivity contribution < 1.29 is 9.47 Å². The van der Waals surface area contributed by atoms with Crippen LogP contribution in [0.2, 0.25) is 0 Å². The van der Waals surface area contributed by atoms with Gasteiger partial charge in [0.1, 0.15) is 25.3 Å². The summed E-state index contributed by atoms with van der Waals surface area (Å²) in [4.78, 5) is 9.31. The fraction of sp³-hybridized carbons (Fsp3) is 0.300. The lowest BCUT2D eigenvalue weighted by Crippen LogP contribution is -2.08. The second-order valence-electron chi connectivity index (χ2n) is 5.70. The van der Waals surface area contributed by atoms with Gasteiger partial charge in [0, 0.05) is 0 Å². The number of ether oxygens (including phenoxy) is 2. The van der Waals surface area contributed by atoms with Crippen molar-refractivity contribution in [2.75, 3.05) is 13.2 Å². The molecule has 0 spiro atoms. The number of benzene rings is 2. The maximum absolute atomic E-state index is 5.71. The predicted octanol–water partition coefficient (Wildman–Crippen LogP) is 4.35. The van der Waals surface area contributed by atoms with Gasteiger partial charge in [-0.1, -0.05) is 68.1 Å². The molecule has 0 unspecified atom stereocenters. The van der Waals surface area contributed by atoms with Gasteiger partial charge in [0.15, 0.2) is 11.8 Å². The van der Waals surface area contributed by atoms with Gasteiger partial charge in [-0.3, -0.25) is 0 Å². The van der Waals surface area contributed by atoms with Crippen molar-refractivity contribution in [3.8, 4) is 0 Å². The number of aliphatic imine (C=N–C) groups is 2. The summed E-state index contributed by atoms with van der Waals surface area (Å²) in [5, 5.41) is 0. The maximum atomic E-state index is 5.71. The van der Waals surface area contributed by atoms with E-state index < -0.39 is 0 Å². The van der Waals surface area contributed by atoms with E-state index in [2.05, 4.69) is 34.3 Å². The van der Waals surface area contributed by atoms with Crippen molar-refractivity contribution >= 4 is 11.8 Å². The van der Waals surface area contributed by atoms with Crippen LogP contribution in [0.4, 0.5) is 0 Å². The minimum atomic E-state index is 0. The largest absolute Gasteiger partial charge is 0.478 e. The minimum Gasteiger partial charge on any atom is -0.478 e. The Hall–Kier alpha value is -2.62. The van der Waals surface area contributed by atoms with Crippen molar-refractivity contribution in [3.05, 3.63) is 71.8 Å². The van der Waals surface area contributed by atoms with E-state index in [9.17, 15) is 0 Å². The molecule has 4 rings (SSSR count). The third kappa shape index (κ3) is 3.48. The Morgan fingerprint density at radius 2 is 1.12 bits per heavy atom. The fourth-order valence-electron chi connectivity index (χ4n) is 2.86. The minimum absolute atomic E-state index is 0. The first kappa shape index (κ1) is 16.2. The van der Waals surface area contributed by atoms with E-state index in [4.69, 9.17) is 9.47 Å². The van der Waals surface area contributed by atoms with Crippen LogP contribution >= 0.6 is 0 Å². The zero-order valence-electron chi connectivity index (χ0n) is 12.8. The van der Waals surface area contributed by atoms with E-state index in [1.807, 2.05) is 36.4 Å². The van der Waals surface area contributed by atoms with Gasteiger partial charge in [0.25, 0.3) is 0 Å². The number of rotatable bonds is 4. The van der Waals surface area contributed by atoms with Crippen molar-refractivity contribution in [2.24, 2.45) is 9.98 Å². The quantitative estimate of drug-likeness (QED) is 0.840. The Bertz CT molecular complexity index is 662. The lowest BCUT2D eigenvalue weighted by atomic mass is 10.1. The van der Waals surface area contributed by atoms with E-state index in [0.29, 0.717) is 31.4 Å². The maximum Gasteiger partial charge on any atom is 0.193 e. The molecule has 0 aromatic heterocycles. The Morgan fingerprint density at radius 3 is 1.54 bits per heavy atom. The van der Waals surface area contributed by atoms with Crippen LogP contribution in [0.15, 0.2) is 70.6 Å². The number of hydrogen-bond donors (Lipinski definition) is 0. The molecule has 2 aromatic rings. The molecule has 0 amide bonds. The van der Waals surface area contributed by atoms with Crippen molar-refractivity contribution in [1.82, 2.24) is 0 Å². The first-order chi connectivity index (χ1) is 11.4. The van der Waals surface area contributed by atoms with Gasteiger partial charge in [0.05, 0.1) is 6.42 Å². The first-order valence-corrected chi connectivity index (χ1v) is 7.87. The molecule has 2 aliphatic rings. The molecule has 2 aromatic carbocycles. The van der Waals surface area contributed by atoms with Crippen molar-refractivity contribution in [2.45, 2.75) is 25.9 Å². The average Bonchev–Trinajstić information content (AvgIpc) is 3.27. The number of hydrogen-bond acceptors (Lipinski definition) is 4. The van der Waals surface area contributed by atoms with E-state index >= 15 is 0 Å². The van der Waals surface area contributed by atoms with E-state index in [1.54, 1.807) is 0 Å². The molecule has 0 fully saturated rings. The Labute approximate surface area is 142 Å². The lowest BCUT2D eigenvalue weighted by Gasteiger charge is -2.03. The smallest absolute Gasteiger partial charge is 0.193 e. The first-order valence-electron chi connectivity index (χ1n) is 7.87. The molecular formula is C20H22N2O2. The summed E-state index contributed by atoms with van der Waals surface area (Å²) < 4.78 is 11.4. The normalized spacial score (nSPS) is 22.0. The van der Waals surface area contributed by atoms with Gasteiger partial charge in [-0.05, 0) is 11.1 Å². The number of nitrogens with zero attached hydrogens (tertiary/aromatic N) is 2. The summed E-state index contributed by atoms with van der Waals surface area (Å²) in [5.74, 6) is 1.43. The van der Waals surface area contributed by atoms with Crippen LogP contribution in [0.1, 0.15) is 37.1 Å². The highest BCUT2D eigenvalue weighted by Gasteiger charge is 2.26. The molecule has 0 saturated carbocycles. The van der Waals surface area contributed by atoms with E-state index in [-0.39, 0.29) is 19.5 Å². The van der Waals surface area contributed by atoms with Crippen LogP contribution in [-0.4, -0.2) is 25.0 Å². The van der Waals surface area contributed by atoms with E-state index in [0.717, 1.165) is 0 Å². The Balaban J connectivity index is 0.00000169. The summed E-state index contributed by atoms with van der Waals surface area (Å²) in [6.45, 7) is 1.18. The highest BCUT2D eigenvalue weighted by Crippen LogP contribution is 2.26. The van der Waals surface area contributed by atoms with Crippen LogP contribution in [0.3, 0.4) is 0 Å². The molecule has 0 N–H and O–H groups in total. The van der Waals surface area contributed by atoms with Crippen LogP contribution < -0.4 is 0 Å². The van der Waals surface area contributed by atoms with Crippen LogP contribution in [-0.2, 0) is 9.47 Å². The van der Waals surface area contributed by atoms with Crippen molar-refractivity contribution in [1.29, 1.82) is 0 Å². The zero-order chi connectivity index (χ0) is 15.5. The molecule has 0 saturated heterocycles. The Morgan fingerprint density at radius 1 is 0.708 bits per heavy atom. The second kappa shape index (κ2) is 7.30. The van der Waals surface area contributed by atoms with Gasteiger partial charge >= 0.3 is 0 Å². The van der Waals surface area contributed by atoms with Gasteiger partial charge in [-0.2, -0.15) is 0 Å². The van der Waals surface area contributed by atoms with Crippen LogP contribution in [0, 0.1) is 0 Å². The fourth-order valence-corrected chi connectivity index (χ4v) is 2.86. The standard InChI is InChI=1S/C19H18N2O2.CH4/c1-3-7-14(8-4-1)16-12-22-18(20-16)11-19-21-17(13-23-19)15-9-5-2-6-10-15;/h1-10,16-17H,11-13H2;1H4/t16-,17-;/m1./s1. The molecule has 0 bridgehead atoms. The monoisotopic (exact) mass is 322 g/mol. The second-order valence-corrected chi connectivity index (χ2v) is 5.70. The summed E-state index contributed by atoms with van der Waals surface area (Å²) in [6, 6.07) is 20.6. The molecule has 4 heteroatoms. The average molecular weight is 322 g/mol. The van der Waals surface area contributed by atoms with Gasteiger partial charge < -0.3 is 9.47 Å². The van der Waals surface area contributed by atoms with Gasteiger partial charge in [-0.25, -0.2) is 9.98 Å². The molecule has 2 atom stereocenters. The summed E-state index contributed by atoms with van der Waals surface area (Å²) in [6.07, 6.45) is 0.534. The zero-order valence-corrected chi connectivity index (χ0v) is 12.8. The third-order valence-corrected chi connectivity index (χ3v) is 4.09. The van der Waals surface area contributed by atoms with Gasteiger partial charge in [-0.15, -0.1) is 0 Å². The molecule has 0 radical (unpaired) electrons. The summed E-state index contributed by atoms with van der Waals surface area (Å²) in [5.41, 5.74) is 2.36. The summed E-state index contributed by atoms with van der Waals surface area (Å²) in [7, 11) is 0. The topological polar surface area (TPSA) is 43.2 Å². The molecule has 0 aliphatic carbocycles. The summed E-state index contributed by atoms with van der Waals surface area (Å²) >= 11 is 0. The SMILES string of the molecule is C.c1ccc([C@H]2COC(CC3=N[C@@H](c4ccccc4)CO3)=N2)cc1. The third-order valence-electron chi connectivity index (χ3n) is 4.09. The van der Waals surface area contributed by atoms with Crippen LogP contribution in [0.5, 0.6) is 0 Å². The molecule has 2 heterocycles. The molecule has 24 heavy (non-hydrogen) atoms. The highest BCUT2D eigenvalue weighted by molar-refractivity contribution is 5.98. The van der Waals surface area contributed by atoms with E-state index in [1.165, 1.54) is 11.1 Å². The highest BCUT2D eigenvalue weighted by atomic mass is 16.5. The Kier molecular flexibility index (Phi) is 4.94. The van der Waals surface area contributed by atoms with Gasteiger partial charge in [0.2, 0.25) is 0 Å². The lowest BCUT2D eigenvalue weighted by molar-refractivity contribution is 0.300. The van der Waals surface area contributed by atoms with Crippen LogP contribution in [0.25, 0.3) is 0 Å². The predicted molar refractivity (Wildman–Crippen MR) is 96.5 cm³/mol. The molecular weight excluding hydrogens is 300 g/mol. The van der Waals surface area contributed by atoms with Crippen molar-refractivity contribution in [3.63, 3.8) is 0 Å². The molecule has 4 nitrogen and oxygen atoms in total.